The van der Waals surface area contributed by atoms with Crippen molar-refractivity contribution in [3.8, 4) is 0 Å². The van der Waals surface area contributed by atoms with Crippen molar-refractivity contribution in [1.82, 2.24) is 14.9 Å². The molecule has 1 aliphatic heterocycles. The fourth-order valence-corrected chi connectivity index (χ4v) is 4.05. The fourth-order valence-electron chi connectivity index (χ4n) is 3.34. The van der Waals surface area contributed by atoms with Crippen LogP contribution in [0.1, 0.15) is 34.5 Å². The quantitative estimate of drug-likeness (QED) is 0.725. The van der Waals surface area contributed by atoms with E-state index in [9.17, 15) is 9.90 Å². The first-order chi connectivity index (χ1) is 12.4. The molecule has 3 heterocycles. The van der Waals surface area contributed by atoms with Crippen LogP contribution >= 0.6 is 11.3 Å². The number of fused-ring (bicyclic) bond motifs is 1. The minimum absolute atomic E-state index is 0.0441. The van der Waals surface area contributed by atoms with Crippen LogP contribution in [0.5, 0.6) is 0 Å². The summed E-state index contributed by atoms with van der Waals surface area (Å²) in [6.45, 7) is 2.94. The highest BCUT2D eigenvalue weighted by atomic mass is 32.1. The SMILES string of the molecule is Cc1ccc(C2(O)CCN(C(=O)c3ccc4sc(N)nc4c3)CC2)nc1. The van der Waals surface area contributed by atoms with Gasteiger partial charge >= 0.3 is 0 Å². The highest BCUT2D eigenvalue weighted by Gasteiger charge is 2.36. The third-order valence-electron chi connectivity index (χ3n) is 4.92. The summed E-state index contributed by atoms with van der Waals surface area (Å²) in [5, 5.41) is 11.4. The van der Waals surface area contributed by atoms with E-state index in [0.717, 1.165) is 15.8 Å². The molecular formula is C19H20N4O2S. The zero-order valence-electron chi connectivity index (χ0n) is 14.5. The molecule has 6 nitrogen and oxygen atoms in total. The summed E-state index contributed by atoms with van der Waals surface area (Å²) in [6.07, 6.45) is 2.71. The van der Waals surface area contributed by atoms with E-state index in [0.29, 0.717) is 42.3 Å². The third kappa shape index (κ3) is 3.04. The Morgan fingerprint density at radius 1 is 1.27 bits per heavy atom. The topological polar surface area (TPSA) is 92.3 Å². The number of carbonyl (C=O) groups is 1. The van der Waals surface area contributed by atoms with Gasteiger partial charge in [0.1, 0.15) is 5.60 Å². The zero-order chi connectivity index (χ0) is 18.3. The second-order valence-electron chi connectivity index (χ2n) is 6.78. The Bertz CT molecular complexity index is 959. The zero-order valence-corrected chi connectivity index (χ0v) is 15.3. The number of pyridine rings is 1. The lowest BCUT2D eigenvalue weighted by Gasteiger charge is -2.37. The molecule has 7 heteroatoms. The smallest absolute Gasteiger partial charge is 0.253 e. The molecule has 0 saturated carbocycles. The number of likely N-dealkylation sites (tertiary alicyclic amines) is 1. The number of aryl methyl sites for hydroxylation is 1. The number of aromatic nitrogens is 2. The van der Waals surface area contributed by atoms with Crippen LogP contribution in [0.4, 0.5) is 5.13 Å². The predicted molar refractivity (Wildman–Crippen MR) is 102 cm³/mol. The van der Waals surface area contributed by atoms with Gasteiger partial charge in [-0.2, -0.15) is 0 Å². The van der Waals surface area contributed by atoms with Gasteiger partial charge in [0.2, 0.25) is 0 Å². The largest absolute Gasteiger partial charge is 0.383 e. The van der Waals surface area contributed by atoms with Gasteiger partial charge in [0, 0.05) is 24.8 Å². The standard InChI is InChI=1S/C19H20N4O2S/c1-12-2-5-16(21-11-12)19(25)6-8-23(9-7-19)17(24)13-3-4-15-14(10-13)22-18(20)26-15/h2-5,10-11,25H,6-9H2,1H3,(H2,20,22). The van der Waals surface area contributed by atoms with E-state index < -0.39 is 5.60 Å². The highest BCUT2D eigenvalue weighted by Crippen LogP contribution is 2.32. The van der Waals surface area contributed by atoms with E-state index in [1.807, 2.05) is 31.2 Å². The predicted octanol–water partition coefficient (Wildman–Crippen LogP) is 2.71. The van der Waals surface area contributed by atoms with E-state index in [1.165, 1.54) is 11.3 Å². The Morgan fingerprint density at radius 3 is 2.73 bits per heavy atom. The number of benzene rings is 1. The van der Waals surface area contributed by atoms with E-state index in [2.05, 4.69) is 9.97 Å². The van der Waals surface area contributed by atoms with Crippen LogP contribution in [0.15, 0.2) is 36.5 Å². The molecule has 1 aliphatic rings. The van der Waals surface area contributed by atoms with Gasteiger partial charge in [-0.3, -0.25) is 9.78 Å². The summed E-state index contributed by atoms with van der Waals surface area (Å²) in [5.41, 5.74) is 7.84. The van der Waals surface area contributed by atoms with E-state index in [4.69, 9.17) is 5.73 Å². The number of thiazole rings is 1. The molecule has 26 heavy (non-hydrogen) atoms. The van der Waals surface area contributed by atoms with Gasteiger partial charge in [-0.05, 0) is 49.6 Å². The van der Waals surface area contributed by atoms with Gasteiger partial charge < -0.3 is 15.7 Å². The summed E-state index contributed by atoms with van der Waals surface area (Å²) in [5.74, 6) is -0.0441. The Balaban J connectivity index is 1.49. The van der Waals surface area contributed by atoms with Crippen molar-refractivity contribution < 1.29 is 9.90 Å². The number of nitrogen functional groups attached to an aromatic ring is 1. The number of nitrogens with two attached hydrogens (primary N) is 1. The van der Waals surface area contributed by atoms with Gasteiger partial charge in [0.15, 0.2) is 5.13 Å². The molecule has 4 rings (SSSR count). The molecule has 0 aliphatic carbocycles. The van der Waals surface area contributed by atoms with Gasteiger partial charge in [-0.25, -0.2) is 4.98 Å². The van der Waals surface area contributed by atoms with Crippen molar-refractivity contribution in [2.24, 2.45) is 0 Å². The van der Waals surface area contributed by atoms with Crippen molar-refractivity contribution in [2.75, 3.05) is 18.8 Å². The first-order valence-electron chi connectivity index (χ1n) is 8.55. The number of amides is 1. The van der Waals surface area contributed by atoms with Crippen LogP contribution in [-0.2, 0) is 5.60 Å². The molecule has 0 spiro atoms. The molecule has 0 radical (unpaired) electrons. The Labute approximate surface area is 155 Å². The molecule has 1 amide bonds. The number of carbonyl (C=O) groups excluding carboxylic acids is 1. The Morgan fingerprint density at radius 2 is 2.04 bits per heavy atom. The first-order valence-corrected chi connectivity index (χ1v) is 9.37. The van der Waals surface area contributed by atoms with Crippen molar-refractivity contribution in [2.45, 2.75) is 25.4 Å². The minimum Gasteiger partial charge on any atom is -0.383 e. The van der Waals surface area contributed by atoms with Crippen LogP contribution in [-0.4, -0.2) is 39.0 Å². The molecule has 3 aromatic rings. The first kappa shape index (κ1) is 16.9. The molecule has 3 N–H and O–H groups in total. The van der Waals surface area contributed by atoms with E-state index in [1.54, 1.807) is 17.2 Å². The van der Waals surface area contributed by atoms with Crippen molar-refractivity contribution >= 4 is 32.6 Å². The molecule has 1 aromatic carbocycles. The molecule has 134 valence electrons. The second kappa shape index (κ2) is 6.34. The number of aliphatic hydroxyl groups is 1. The molecule has 0 unspecified atom stereocenters. The van der Waals surface area contributed by atoms with Gasteiger partial charge in [0.25, 0.3) is 5.91 Å². The van der Waals surface area contributed by atoms with Crippen LogP contribution < -0.4 is 5.73 Å². The summed E-state index contributed by atoms with van der Waals surface area (Å²) < 4.78 is 0.970. The van der Waals surface area contributed by atoms with E-state index in [-0.39, 0.29) is 5.91 Å². The van der Waals surface area contributed by atoms with Crippen molar-refractivity contribution in [3.05, 3.63) is 53.3 Å². The van der Waals surface area contributed by atoms with Crippen LogP contribution in [0.2, 0.25) is 0 Å². The average Bonchev–Trinajstić information content (AvgIpc) is 3.01. The number of anilines is 1. The summed E-state index contributed by atoms with van der Waals surface area (Å²) in [7, 11) is 0. The van der Waals surface area contributed by atoms with Crippen LogP contribution in [0.3, 0.4) is 0 Å². The molecule has 2 aromatic heterocycles. The lowest BCUT2D eigenvalue weighted by molar-refractivity contribution is -0.0244. The maximum Gasteiger partial charge on any atom is 0.253 e. The van der Waals surface area contributed by atoms with Gasteiger partial charge in [-0.1, -0.05) is 17.4 Å². The van der Waals surface area contributed by atoms with Gasteiger partial charge in [0.05, 0.1) is 15.9 Å². The average molecular weight is 368 g/mol. The summed E-state index contributed by atoms with van der Waals surface area (Å²) in [4.78, 5) is 23.2. The summed E-state index contributed by atoms with van der Waals surface area (Å²) >= 11 is 1.41. The molecule has 1 fully saturated rings. The summed E-state index contributed by atoms with van der Waals surface area (Å²) in [6, 6.07) is 9.30. The lowest BCUT2D eigenvalue weighted by Crippen LogP contribution is -2.45. The number of hydrogen-bond acceptors (Lipinski definition) is 6. The Kier molecular flexibility index (Phi) is 4.13. The lowest BCUT2D eigenvalue weighted by atomic mass is 9.87. The number of rotatable bonds is 2. The van der Waals surface area contributed by atoms with E-state index >= 15 is 0 Å². The minimum atomic E-state index is -0.974. The molecule has 1 saturated heterocycles. The highest BCUT2D eigenvalue weighted by molar-refractivity contribution is 7.22. The third-order valence-corrected chi connectivity index (χ3v) is 5.78. The van der Waals surface area contributed by atoms with Gasteiger partial charge in [-0.15, -0.1) is 0 Å². The molecular weight excluding hydrogens is 348 g/mol. The van der Waals surface area contributed by atoms with Crippen molar-refractivity contribution in [1.29, 1.82) is 0 Å². The maximum atomic E-state index is 12.8. The Hall–Kier alpha value is -2.51. The fraction of sp³-hybridized carbons (Fsp3) is 0.316. The van der Waals surface area contributed by atoms with Crippen LogP contribution in [0, 0.1) is 6.92 Å². The maximum absolute atomic E-state index is 12.8. The second-order valence-corrected chi connectivity index (χ2v) is 7.84. The van der Waals surface area contributed by atoms with Crippen molar-refractivity contribution in [3.63, 3.8) is 0 Å². The molecule has 0 atom stereocenters. The number of hydrogen-bond donors (Lipinski definition) is 2. The normalized spacial score (nSPS) is 16.8. The number of piperidine rings is 1. The van der Waals surface area contributed by atoms with Crippen LogP contribution in [0.25, 0.3) is 10.2 Å². The monoisotopic (exact) mass is 368 g/mol. The number of nitrogens with zero attached hydrogens (tertiary/aromatic N) is 3. The molecule has 0 bridgehead atoms.